The second-order valence-electron chi connectivity index (χ2n) is 6.49. The van der Waals surface area contributed by atoms with Gasteiger partial charge in [-0.15, -0.1) is 0 Å². The maximum Gasteiger partial charge on any atom is 0.315 e. The lowest BCUT2D eigenvalue weighted by Gasteiger charge is -2.25. The molecular formula is C20H22FN3O2. The van der Waals surface area contributed by atoms with E-state index in [1.807, 2.05) is 37.3 Å². The molecule has 0 saturated carbocycles. The lowest BCUT2D eigenvalue weighted by molar-refractivity contribution is -0.129. The second-order valence-corrected chi connectivity index (χ2v) is 6.49. The Labute approximate surface area is 152 Å². The molecule has 0 aliphatic carbocycles. The first kappa shape index (κ1) is 17.9. The molecule has 0 bridgehead atoms. The molecule has 2 aromatic carbocycles. The Bertz CT molecular complexity index is 782. The first-order valence-corrected chi connectivity index (χ1v) is 8.66. The topological polar surface area (TPSA) is 61.4 Å². The highest BCUT2D eigenvalue weighted by atomic mass is 19.1. The van der Waals surface area contributed by atoms with E-state index in [0.717, 1.165) is 5.56 Å². The van der Waals surface area contributed by atoms with E-state index in [0.29, 0.717) is 12.1 Å². The summed E-state index contributed by atoms with van der Waals surface area (Å²) in [5, 5.41) is 5.52. The number of halogens is 1. The van der Waals surface area contributed by atoms with Gasteiger partial charge in [0.25, 0.3) is 0 Å². The zero-order chi connectivity index (χ0) is 18.5. The van der Waals surface area contributed by atoms with E-state index in [1.165, 1.54) is 12.1 Å². The van der Waals surface area contributed by atoms with Crippen molar-refractivity contribution >= 4 is 11.9 Å². The molecule has 136 valence electrons. The molecule has 0 spiro atoms. The van der Waals surface area contributed by atoms with Crippen LogP contribution in [0.4, 0.5) is 9.18 Å². The molecule has 1 saturated heterocycles. The maximum absolute atomic E-state index is 13.1. The highest BCUT2D eigenvalue weighted by molar-refractivity contribution is 5.82. The first-order chi connectivity index (χ1) is 12.5. The number of carbonyl (C=O) groups is 2. The summed E-state index contributed by atoms with van der Waals surface area (Å²) in [7, 11) is 0. The van der Waals surface area contributed by atoms with Gasteiger partial charge < -0.3 is 15.5 Å². The summed E-state index contributed by atoms with van der Waals surface area (Å²) in [5.41, 5.74) is 1.75. The Morgan fingerprint density at radius 1 is 1.23 bits per heavy atom. The van der Waals surface area contributed by atoms with Crippen LogP contribution < -0.4 is 10.6 Å². The number of carbonyl (C=O) groups excluding carboxylic acids is 2. The number of likely N-dealkylation sites (tertiary alicyclic amines) is 1. The molecule has 26 heavy (non-hydrogen) atoms. The molecule has 2 unspecified atom stereocenters. The van der Waals surface area contributed by atoms with Crippen molar-refractivity contribution in [1.29, 1.82) is 0 Å². The Hall–Kier alpha value is -2.89. The number of hydrogen-bond donors (Lipinski definition) is 2. The highest BCUT2D eigenvalue weighted by Gasteiger charge is 2.33. The molecule has 3 amide bonds. The zero-order valence-electron chi connectivity index (χ0n) is 14.6. The number of rotatable bonds is 5. The fourth-order valence-electron chi connectivity index (χ4n) is 3.18. The van der Waals surface area contributed by atoms with Crippen LogP contribution in [0, 0.1) is 5.82 Å². The third-order valence-corrected chi connectivity index (χ3v) is 4.59. The minimum absolute atomic E-state index is 0.0248. The van der Waals surface area contributed by atoms with Crippen LogP contribution >= 0.6 is 0 Å². The quantitative estimate of drug-likeness (QED) is 0.866. The largest absolute Gasteiger partial charge is 0.334 e. The van der Waals surface area contributed by atoms with Gasteiger partial charge >= 0.3 is 6.03 Å². The van der Waals surface area contributed by atoms with Gasteiger partial charge in [0.2, 0.25) is 5.91 Å². The number of urea groups is 1. The Morgan fingerprint density at radius 2 is 2.00 bits per heavy atom. The number of nitrogens with one attached hydrogen (secondary N) is 2. The first-order valence-electron chi connectivity index (χ1n) is 8.66. The smallest absolute Gasteiger partial charge is 0.315 e. The average Bonchev–Trinajstić information content (AvgIpc) is 3.00. The van der Waals surface area contributed by atoms with Gasteiger partial charge in [-0.3, -0.25) is 4.79 Å². The molecule has 0 aromatic heterocycles. The Kier molecular flexibility index (Phi) is 5.51. The summed E-state index contributed by atoms with van der Waals surface area (Å²) in [5.74, 6) is -0.312. The zero-order valence-corrected chi connectivity index (χ0v) is 14.6. The normalized spacial score (nSPS) is 17.8. The van der Waals surface area contributed by atoms with Crippen molar-refractivity contribution in [3.8, 4) is 0 Å². The molecule has 3 rings (SSSR count). The number of hydrogen-bond acceptors (Lipinski definition) is 2. The minimum Gasteiger partial charge on any atom is -0.334 e. The fourth-order valence-corrected chi connectivity index (χ4v) is 3.18. The second kappa shape index (κ2) is 7.99. The van der Waals surface area contributed by atoms with E-state index in [4.69, 9.17) is 0 Å². The Morgan fingerprint density at radius 3 is 2.73 bits per heavy atom. The van der Waals surface area contributed by atoms with Gasteiger partial charge in [-0.25, -0.2) is 9.18 Å². The number of amides is 3. The van der Waals surface area contributed by atoms with Crippen LogP contribution in [-0.4, -0.2) is 29.4 Å². The molecule has 5 nitrogen and oxygen atoms in total. The van der Waals surface area contributed by atoms with Crippen molar-refractivity contribution in [2.45, 2.75) is 32.0 Å². The third kappa shape index (κ3) is 4.39. The van der Waals surface area contributed by atoms with E-state index < -0.39 is 0 Å². The molecule has 1 heterocycles. The molecule has 2 atom stereocenters. The van der Waals surface area contributed by atoms with Crippen LogP contribution in [0.25, 0.3) is 0 Å². The van der Waals surface area contributed by atoms with Crippen molar-refractivity contribution in [3.63, 3.8) is 0 Å². The van der Waals surface area contributed by atoms with E-state index >= 15 is 0 Å². The highest BCUT2D eigenvalue weighted by Crippen LogP contribution is 2.25. The fraction of sp³-hybridized carbons (Fsp3) is 0.300. The summed E-state index contributed by atoms with van der Waals surface area (Å²) >= 11 is 0. The van der Waals surface area contributed by atoms with Crippen molar-refractivity contribution in [2.24, 2.45) is 0 Å². The summed E-state index contributed by atoms with van der Waals surface area (Å²) < 4.78 is 13.1. The van der Waals surface area contributed by atoms with Crippen LogP contribution in [0.5, 0.6) is 0 Å². The minimum atomic E-state index is -0.360. The van der Waals surface area contributed by atoms with Gasteiger partial charge in [0, 0.05) is 19.5 Å². The van der Waals surface area contributed by atoms with Gasteiger partial charge in [-0.2, -0.15) is 0 Å². The standard InChI is InChI=1S/C20H22FN3O2/c1-14(16-7-3-2-4-8-16)24-13-18(11-19(24)25)23-20(26)22-12-15-6-5-9-17(21)10-15/h2-10,14,18H,11-13H2,1H3,(H2,22,23,26). The van der Waals surface area contributed by atoms with Gasteiger partial charge in [0.1, 0.15) is 5.82 Å². The molecule has 2 aromatic rings. The summed E-state index contributed by atoms with van der Waals surface area (Å²) in [4.78, 5) is 26.2. The maximum atomic E-state index is 13.1. The van der Waals surface area contributed by atoms with Crippen molar-refractivity contribution < 1.29 is 14.0 Å². The van der Waals surface area contributed by atoms with E-state index in [2.05, 4.69) is 10.6 Å². The molecule has 1 aliphatic heterocycles. The van der Waals surface area contributed by atoms with Crippen LogP contribution in [0.15, 0.2) is 54.6 Å². The number of benzene rings is 2. The third-order valence-electron chi connectivity index (χ3n) is 4.59. The van der Waals surface area contributed by atoms with Crippen LogP contribution in [0.2, 0.25) is 0 Å². The van der Waals surface area contributed by atoms with E-state index in [-0.39, 0.29) is 42.8 Å². The molecular weight excluding hydrogens is 333 g/mol. The molecule has 1 aliphatic rings. The monoisotopic (exact) mass is 355 g/mol. The summed E-state index contributed by atoms with van der Waals surface area (Å²) in [6.45, 7) is 2.69. The van der Waals surface area contributed by atoms with Gasteiger partial charge in [-0.1, -0.05) is 42.5 Å². The number of nitrogens with zero attached hydrogens (tertiary/aromatic N) is 1. The van der Waals surface area contributed by atoms with Crippen LogP contribution in [0.3, 0.4) is 0 Å². The van der Waals surface area contributed by atoms with Gasteiger partial charge in [-0.05, 0) is 30.2 Å². The van der Waals surface area contributed by atoms with Crippen molar-refractivity contribution in [1.82, 2.24) is 15.5 Å². The summed E-state index contributed by atoms with van der Waals surface area (Å²) in [6, 6.07) is 15.3. The molecule has 0 radical (unpaired) electrons. The predicted molar refractivity (Wildman–Crippen MR) is 96.7 cm³/mol. The van der Waals surface area contributed by atoms with Gasteiger partial charge in [0.05, 0.1) is 12.1 Å². The lowest BCUT2D eigenvalue weighted by Crippen LogP contribution is -2.43. The lowest BCUT2D eigenvalue weighted by atomic mass is 10.1. The molecule has 2 N–H and O–H groups in total. The van der Waals surface area contributed by atoms with Crippen LogP contribution in [-0.2, 0) is 11.3 Å². The Balaban J connectivity index is 1.51. The SMILES string of the molecule is CC(c1ccccc1)N1CC(NC(=O)NCc2cccc(F)c2)CC1=O. The van der Waals surface area contributed by atoms with Crippen LogP contribution in [0.1, 0.15) is 30.5 Å². The molecule has 1 fully saturated rings. The average molecular weight is 355 g/mol. The van der Waals surface area contributed by atoms with E-state index in [9.17, 15) is 14.0 Å². The van der Waals surface area contributed by atoms with Crippen molar-refractivity contribution in [2.75, 3.05) is 6.54 Å². The van der Waals surface area contributed by atoms with Crippen molar-refractivity contribution in [3.05, 3.63) is 71.5 Å². The molecule has 6 heteroatoms. The van der Waals surface area contributed by atoms with E-state index in [1.54, 1.807) is 17.0 Å². The van der Waals surface area contributed by atoms with Gasteiger partial charge in [0.15, 0.2) is 0 Å². The predicted octanol–water partition coefficient (Wildman–Crippen LogP) is 2.99. The summed E-state index contributed by atoms with van der Waals surface area (Å²) in [6.07, 6.45) is 0.282.